The first-order chi connectivity index (χ1) is 12.9. The van der Waals surface area contributed by atoms with Gasteiger partial charge in [0.15, 0.2) is 0 Å². The molecule has 1 aromatic carbocycles. The molecule has 1 atom stereocenters. The van der Waals surface area contributed by atoms with Crippen LogP contribution in [0.5, 0.6) is 0 Å². The Hall–Kier alpha value is -1.96. The highest BCUT2D eigenvalue weighted by Gasteiger charge is 2.25. The third-order valence-corrected chi connectivity index (χ3v) is 6.19. The Balaban J connectivity index is 1.21. The summed E-state index contributed by atoms with van der Waals surface area (Å²) in [6.45, 7) is 6.28. The summed E-state index contributed by atoms with van der Waals surface area (Å²) in [6.07, 6.45) is 0.981. The van der Waals surface area contributed by atoms with Gasteiger partial charge in [-0.25, -0.2) is 0 Å². The van der Waals surface area contributed by atoms with Gasteiger partial charge in [-0.2, -0.15) is 0 Å². The predicted octanol–water partition coefficient (Wildman–Crippen LogP) is 3.11. The number of benzene rings is 1. The van der Waals surface area contributed by atoms with Crippen molar-refractivity contribution in [3.8, 4) is 0 Å². The van der Waals surface area contributed by atoms with Crippen LogP contribution in [0.1, 0.15) is 24.1 Å². The summed E-state index contributed by atoms with van der Waals surface area (Å²) in [5.74, 6) is 1.74. The second-order valence-electron chi connectivity index (χ2n) is 6.97. The number of ether oxygens (including phenoxy) is 1. The van der Waals surface area contributed by atoms with Crippen molar-refractivity contribution in [2.45, 2.75) is 18.9 Å². The van der Waals surface area contributed by atoms with Gasteiger partial charge in [-0.1, -0.05) is 6.07 Å². The van der Waals surface area contributed by atoms with Gasteiger partial charge in [-0.15, -0.1) is 21.5 Å². The predicted molar refractivity (Wildman–Crippen MR) is 102 cm³/mol. The van der Waals surface area contributed by atoms with E-state index in [4.69, 9.17) is 9.15 Å². The van der Waals surface area contributed by atoms with E-state index in [1.54, 1.807) is 11.3 Å². The highest BCUT2D eigenvalue weighted by Crippen LogP contribution is 2.31. The molecule has 26 heavy (non-hydrogen) atoms. The normalized spacial score (nSPS) is 21.7. The summed E-state index contributed by atoms with van der Waals surface area (Å²) in [4.78, 5) is 4.88. The van der Waals surface area contributed by atoms with Crippen LogP contribution in [0.3, 0.4) is 0 Å². The molecule has 0 saturated carbocycles. The van der Waals surface area contributed by atoms with E-state index < -0.39 is 0 Å². The van der Waals surface area contributed by atoms with Crippen molar-refractivity contribution in [2.75, 3.05) is 44.3 Å². The SMILES string of the molecule is c1cc(N2CCN(Cc3nnc(C4CCOC4)o3)CC2)c2ccsc2c1. The summed E-state index contributed by atoms with van der Waals surface area (Å²) in [7, 11) is 0. The van der Waals surface area contributed by atoms with Crippen LogP contribution in [0.2, 0.25) is 0 Å². The molecule has 4 heterocycles. The summed E-state index contributed by atoms with van der Waals surface area (Å²) >= 11 is 1.81. The number of rotatable bonds is 4. The van der Waals surface area contributed by atoms with E-state index in [-0.39, 0.29) is 5.92 Å². The van der Waals surface area contributed by atoms with Crippen molar-refractivity contribution in [3.63, 3.8) is 0 Å². The monoisotopic (exact) mass is 370 g/mol. The molecule has 0 bridgehead atoms. The van der Waals surface area contributed by atoms with Gasteiger partial charge in [0.05, 0.1) is 19.1 Å². The van der Waals surface area contributed by atoms with Gasteiger partial charge < -0.3 is 14.1 Å². The van der Waals surface area contributed by atoms with Crippen molar-refractivity contribution < 1.29 is 9.15 Å². The van der Waals surface area contributed by atoms with Gasteiger partial charge >= 0.3 is 0 Å². The number of fused-ring (bicyclic) bond motifs is 1. The van der Waals surface area contributed by atoms with Crippen molar-refractivity contribution in [3.05, 3.63) is 41.4 Å². The van der Waals surface area contributed by atoms with E-state index >= 15 is 0 Å². The highest BCUT2D eigenvalue weighted by molar-refractivity contribution is 7.17. The minimum Gasteiger partial charge on any atom is -0.423 e. The maximum Gasteiger partial charge on any atom is 0.230 e. The van der Waals surface area contributed by atoms with Crippen LogP contribution in [0.25, 0.3) is 10.1 Å². The summed E-state index contributed by atoms with van der Waals surface area (Å²) < 4.78 is 12.6. The van der Waals surface area contributed by atoms with Crippen molar-refractivity contribution in [2.24, 2.45) is 0 Å². The molecule has 0 N–H and O–H groups in total. The average molecular weight is 370 g/mol. The lowest BCUT2D eigenvalue weighted by atomic mass is 10.1. The van der Waals surface area contributed by atoms with Crippen LogP contribution in [-0.2, 0) is 11.3 Å². The molecule has 0 radical (unpaired) electrons. The first kappa shape index (κ1) is 16.2. The summed E-state index contributed by atoms with van der Waals surface area (Å²) in [5, 5.41) is 12.0. The van der Waals surface area contributed by atoms with Crippen LogP contribution >= 0.6 is 11.3 Å². The molecular formula is C19H22N4O2S. The molecule has 3 aromatic rings. The summed E-state index contributed by atoms with van der Waals surface area (Å²) in [6, 6.07) is 8.82. The molecule has 0 aliphatic carbocycles. The fraction of sp³-hybridized carbons (Fsp3) is 0.474. The lowest BCUT2D eigenvalue weighted by Crippen LogP contribution is -2.46. The summed E-state index contributed by atoms with van der Waals surface area (Å²) in [5.41, 5.74) is 1.35. The lowest BCUT2D eigenvalue weighted by molar-refractivity contribution is 0.189. The third-order valence-electron chi connectivity index (χ3n) is 5.31. The van der Waals surface area contributed by atoms with Gasteiger partial charge in [0.25, 0.3) is 0 Å². The third kappa shape index (κ3) is 3.11. The Morgan fingerprint density at radius 1 is 1.12 bits per heavy atom. The van der Waals surface area contributed by atoms with Crippen LogP contribution in [-0.4, -0.2) is 54.5 Å². The quantitative estimate of drug-likeness (QED) is 0.703. The number of piperazine rings is 1. The second kappa shape index (κ2) is 6.98. The smallest absolute Gasteiger partial charge is 0.230 e. The molecule has 5 rings (SSSR count). The number of anilines is 1. The van der Waals surface area contributed by atoms with E-state index in [0.29, 0.717) is 6.61 Å². The van der Waals surface area contributed by atoms with Gasteiger partial charge in [-0.05, 0) is 30.0 Å². The fourth-order valence-corrected chi connectivity index (χ4v) is 4.62. The molecule has 2 saturated heterocycles. The fourth-order valence-electron chi connectivity index (χ4n) is 3.82. The Bertz CT molecular complexity index is 878. The zero-order valence-corrected chi connectivity index (χ0v) is 15.5. The molecule has 7 heteroatoms. The minimum absolute atomic E-state index is 0.277. The molecule has 2 aliphatic heterocycles. The van der Waals surface area contributed by atoms with Crippen molar-refractivity contribution >= 4 is 27.1 Å². The molecule has 1 unspecified atom stereocenters. The number of nitrogens with zero attached hydrogens (tertiary/aromatic N) is 4. The first-order valence-electron chi connectivity index (χ1n) is 9.20. The van der Waals surface area contributed by atoms with Gasteiger partial charge in [0.1, 0.15) is 0 Å². The molecule has 0 spiro atoms. The zero-order chi connectivity index (χ0) is 17.3. The standard InChI is InChI=1S/C19H22N4O2S/c1-2-16(15-5-11-26-17(15)3-1)23-8-6-22(7-9-23)12-18-20-21-19(25-18)14-4-10-24-13-14/h1-3,5,11,14H,4,6-10,12-13H2. The molecule has 0 amide bonds. The van der Waals surface area contributed by atoms with Crippen LogP contribution in [0.4, 0.5) is 5.69 Å². The highest BCUT2D eigenvalue weighted by atomic mass is 32.1. The topological polar surface area (TPSA) is 54.6 Å². The maximum absolute atomic E-state index is 5.87. The maximum atomic E-state index is 5.87. The largest absolute Gasteiger partial charge is 0.423 e. The number of thiophene rings is 1. The van der Waals surface area contributed by atoms with Crippen molar-refractivity contribution in [1.29, 1.82) is 0 Å². The number of aromatic nitrogens is 2. The Morgan fingerprint density at radius 2 is 2.04 bits per heavy atom. The average Bonchev–Trinajstić information content (AvgIpc) is 3.42. The first-order valence-corrected chi connectivity index (χ1v) is 10.1. The van der Waals surface area contributed by atoms with E-state index in [1.165, 1.54) is 15.8 Å². The van der Waals surface area contributed by atoms with E-state index in [1.807, 2.05) is 0 Å². The van der Waals surface area contributed by atoms with Crippen LogP contribution in [0, 0.1) is 0 Å². The number of hydrogen-bond donors (Lipinski definition) is 0. The molecule has 2 aliphatic rings. The van der Waals surface area contributed by atoms with E-state index in [9.17, 15) is 0 Å². The van der Waals surface area contributed by atoms with Gasteiger partial charge in [0, 0.05) is 48.6 Å². The van der Waals surface area contributed by atoms with Crippen molar-refractivity contribution in [1.82, 2.24) is 15.1 Å². The minimum atomic E-state index is 0.277. The van der Waals surface area contributed by atoms with E-state index in [2.05, 4.69) is 49.6 Å². The molecule has 2 aromatic heterocycles. The Morgan fingerprint density at radius 3 is 2.88 bits per heavy atom. The lowest BCUT2D eigenvalue weighted by Gasteiger charge is -2.35. The molecule has 2 fully saturated rings. The van der Waals surface area contributed by atoms with Crippen LogP contribution in [0.15, 0.2) is 34.1 Å². The second-order valence-corrected chi connectivity index (χ2v) is 7.91. The zero-order valence-electron chi connectivity index (χ0n) is 14.6. The Kier molecular flexibility index (Phi) is 4.36. The van der Waals surface area contributed by atoms with Gasteiger partial charge in [-0.3, -0.25) is 4.90 Å². The molecule has 136 valence electrons. The molecular weight excluding hydrogens is 348 g/mol. The Labute approximate surface area is 156 Å². The van der Waals surface area contributed by atoms with Crippen LogP contribution < -0.4 is 4.90 Å². The number of hydrogen-bond acceptors (Lipinski definition) is 7. The van der Waals surface area contributed by atoms with Gasteiger partial charge in [0.2, 0.25) is 11.8 Å². The van der Waals surface area contributed by atoms with E-state index in [0.717, 1.165) is 57.5 Å². The molecule has 6 nitrogen and oxygen atoms in total.